The van der Waals surface area contributed by atoms with Gasteiger partial charge in [-0.2, -0.15) is 5.26 Å². The van der Waals surface area contributed by atoms with E-state index in [2.05, 4.69) is 22.4 Å². The van der Waals surface area contributed by atoms with Crippen LogP contribution < -0.4 is 14.8 Å². The fourth-order valence-corrected chi connectivity index (χ4v) is 3.42. The third-order valence-corrected chi connectivity index (χ3v) is 4.90. The first-order chi connectivity index (χ1) is 13.8. The average molecular weight is 380 g/mol. The molecule has 1 N–H and O–H groups in total. The van der Waals surface area contributed by atoms with Gasteiger partial charge in [0.2, 0.25) is 5.88 Å². The summed E-state index contributed by atoms with van der Waals surface area (Å²) in [7, 11) is 0. The number of pyridine rings is 1. The molecular formula is C23H29N3O2. The Balaban J connectivity index is 1.44. The minimum atomic E-state index is 0.320. The molecule has 0 spiro atoms. The highest BCUT2D eigenvalue weighted by Crippen LogP contribution is 2.22. The summed E-state index contributed by atoms with van der Waals surface area (Å²) in [6, 6.07) is 14.3. The van der Waals surface area contributed by atoms with Gasteiger partial charge in [-0.3, -0.25) is 0 Å². The quantitative estimate of drug-likeness (QED) is 0.603. The van der Waals surface area contributed by atoms with E-state index in [4.69, 9.17) is 14.7 Å². The van der Waals surface area contributed by atoms with Gasteiger partial charge < -0.3 is 14.8 Å². The lowest BCUT2D eigenvalue weighted by atomic mass is 9.98. The van der Waals surface area contributed by atoms with Crippen LogP contribution >= 0.6 is 0 Å². The lowest BCUT2D eigenvalue weighted by Crippen LogP contribution is -2.20. The van der Waals surface area contributed by atoms with E-state index in [-0.39, 0.29) is 0 Å². The second-order valence-corrected chi connectivity index (χ2v) is 7.24. The van der Waals surface area contributed by atoms with Gasteiger partial charge in [0.15, 0.2) is 0 Å². The molecule has 1 fully saturated rings. The smallest absolute Gasteiger partial charge is 0.213 e. The molecule has 1 aliphatic carbocycles. The Morgan fingerprint density at radius 2 is 1.89 bits per heavy atom. The molecule has 0 saturated heterocycles. The summed E-state index contributed by atoms with van der Waals surface area (Å²) in [6.07, 6.45) is 9.54. The van der Waals surface area contributed by atoms with E-state index in [0.29, 0.717) is 19.1 Å². The number of benzene rings is 1. The van der Waals surface area contributed by atoms with E-state index in [1.54, 1.807) is 0 Å². The molecule has 1 heterocycles. The third kappa shape index (κ3) is 6.86. The molecule has 1 saturated carbocycles. The number of hydrogen-bond acceptors (Lipinski definition) is 5. The zero-order valence-corrected chi connectivity index (χ0v) is 16.4. The van der Waals surface area contributed by atoms with Gasteiger partial charge in [-0.15, -0.1) is 0 Å². The zero-order chi connectivity index (χ0) is 19.4. The monoisotopic (exact) mass is 379 g/mol. The normalized spacial score (nSPS) is 14.4. The lowest BCUT2D eigenvalue weighted by Gasteiger charge is -2.22. The summed E-state index contributed by atoms with van der Waals surface area (Å²) in [5.74, 6) is 1.59. The Labute approximate surface area is 167 Å². The van der Waals surface area contributed by atoms with Gasteiger partial charge in [0.05, 0.1) is 12.7 Å². The molecule has 3 rings (SSSR count). The largest absolute Gasteiger partial charge is 0.494 e. The van der Waals surface area contributed by atoms with Crippen LogP contribution in [0.3, 0.4) is 0 Å². The zero-order valence-electron chi connectivity index (χ0n) is 16.4. The van der Waals surface area contributed by atoms with E-state index in [1.807, 2.05) is 36.5 Å². The fraction of sp³-hybridized carbons (Fsp3) is 0.478. The third-order valence-electron chi connectivity index (χ3n) is 4.90. The maximum absolute atomic E-state index is 8.57. The van der Waals surface area contributed by atoms with Crippen molar-refractivity contribution in [3.63, 3.8) is 0 Å². The Morgan fingerprint density at radius 1 is 1.07 bits per heavy atom. The van der Waals surface area contributed by atoms with Crippen molar-refractivity contribution < 1.29 is 9.47 Å². The SMILES string of the molecule is N#CCCCOc1cccc(CNCc2ccnc(OC3CCCCC3)c2)c1. The van der Waals surface area contributed by atoms with Crippen LogP contribution in [0.1, 0.15) is 56.1 Å². The number of nitrogens with zero attached hydrogens (tertiary/aromatic N) is 2. The minimum absolute atomic E-state index is 0.320. The number of aromatic nitrogens is 1. The minimum Gasteiger partial charge on any atom is -0.494 e. The van der Waals surface area contributed by atoms with Gasteiger partial charge in [0, 0.05) is 31.8 Å². The molecule has 0 amide bonds. The summed E-state index contributed by atoms with van der Waals surface area (Å²) < 4.78 is 11.8. The maximum Gasteiger partial charge on any atom is 0.213 e. The number of rotatable bonds is 10. The number of unbranched alkanes of at least 4 members (excludes halogenated alkanes) is 1. The maximum atomic E-state index is 8.57. The van der Waals surface area contributed by atoms with Gasteiger partial charge in [-0.05, 0) is 61.4 Å². The Morgan fingerprint density at radius 3 is 2.71 bits per heavy atom. The van der Waals surface area contributed by atoms with E-state index >= 15 is 0 Å². The highest BCUT2D eigenvalue weighted by molar-refractivity contribution is 5.28. The van der Waals surface area contributed by atoms with E-state index in [0.717, 1.165) is 44.0 Å². The van der Waals surface area contributed by atoms with Gasteiger partial charge in [-0.25, -0.2) is 4.98 Å². The number of hydrogen-bond donors (Lipinski definition) is 1. The summed E-state index contributed by atoms with van der Waals surface area (Å²) in [6.45, 7) is 2.10. The number of ether oxygens (including phenoxy) is 2. The first-order valence-electron chi connectivity index (χ1n) is 10.2. The van der Waals surface area contributed by atoms with Crippen LogP contribution in [0.5, 0.6) is 11.6 Å². The van der Waals surface area contributed by atoms with Crippen LogP contribution in [0.2, 0.25) is 0 Å². The average Bonchev–Trinajstić information content (AvgIpc) is 2.73. The van der Waals surface area contributed by atoms with Gasteiger partial charge >= 0.3 is 0 Å². The Bertz CT molecular complexity index is 766. The van der Waals surface area contributed by atoms with Gasteiger partial charge in [0.1, 0.15) is 11.9 Å². The molecule has 148 valence electrons. The molecule has 0 radical (unpaired) electrons. The molecule has 0 bridgehead atoms. The molecule has 1 aromatic heterocycles. The molecule has 28 heavy (non-hydrogen) atoms. The standard InChI is InChI=1S/C23H29N3O2/c24-12-4-5-14-27-22-10-6-7-19(15-22)17-25-18-20-11-13-26-23(16-20)28-21-8-2-1-3-9-21/h6-7,10-11,13,15-16,21,25H,1-5,8-9,14,17-18H2. The van der Waals surface area contributed by atoms with Crippen LogP contribution in [0.4, 0.5) is 0 Å². The summed E-state index contributed by atoms with van der Waals surface area (Å²) in [5.41, 5.74) is 2.34. The molecule has 1 aliphatic rings. The summed E-state index contributed by atoms with van der Waals surface area (Å²) in [4.78, 5) is 4.37. The Kier molecular flexibility index (Phi) is 8.14. The molecule has 5 nitrogen and oxygen atoms in total. The van der Waals surface area contributed by atoms with Crippen LogP contribution in [0, 0.1) is 11.3 Å². The molecule has 2 aromatic rings. The second kappa shape index (κ2) is 11.3. The topological polar surface area (TPSA) is 67.2 Å². The van der Waals surface area contributed by atoms with Crippen LogP contribution in [0.25, 0.3) is 0 Å². The molecule has 0 aliphatic heterocycles. The van der Waals surface area contributed by atoms with Gasteiger partial charge in [0.25, 0.3) is 0 Å². The highest BCUT2D eigenvalue weighted by atomic mass is 16.5. The highest BCUT2D eigenvalue weighted by Gasteiger charge is 2.15. The van der Waals surface area contributed by atoms with E-state index in [1.165, 1.54) is 30.4 Å². The second-order valence-electron chi connectivity index (χ2n) is 7.24. The van der Waals surface area contributed by atoms with Crippen molar-refractivity contribution in [1.29, 1.82) is 5.26 Å². The summed E-state index contributed by atoms with van der Waals surface area (Å²) in [5, 5.41) is 12.0. The van der Waals surface area contributed by atoms with E-state index in [9.17, 15) is 0 Å². The fourth-order valence-electron chi connectivity index (χ4n) is 3.42. The van der Waals surface area contributed by atoms with Crippen molar-refractivity contribution in [2.45, 2.75) is 64.1 Å². The van der Waals surface area contributed by atoms with Gasteiger partial charge in [-0.1, -0.05) is 18.6 Å². The van der Waals surface area contributed by atoms with Crippen LogP contribution in [0.15, 0.2) is 42.6 Å². The van der Waals surface area contributed by atoms with Crippen molar-refractivity contribution in [3.05, 3.63) is 53.7 Å². The van der Waals surface area contributed by atoms with Crippen molar-refractivity contribution >= 4 is 0 Å². The predicted octanol–water partition coefficient (Wildman–Crippen LogP) is 4.77. The molecule has 0 atom stereocenters. The summed E-state index contributed by atoms with van der Waals surface area (Å²) >= 11 is 0. The number of nitriles is 1. The predicted molar refractivity (Wildman–Crippen MR) is 109 cm³/mol. The van der Waals surface area contributed by atoms with Crippen molar-refractivity contribution in [3.8, 4) is 17.7 Å². The van der Waals surface area contributed by atoms with Crippen LogP contribution in [-0.4, -0.2) is 17.7 Å². The molecule has 0 unspecified atom stereocenters. The molecule has 1 aromatic carbocycles. The molecule has 5 heteroatoms. The van der Waals surface area contributed by atoms with E-state index < -0.39 is 0 Å². The van der Waals surface area contributed by atoms with Crippen molar-refractivity contribution in [2.24, 2.45) is 0 Å². The molecular weight excluding hydrogens is 350 g/mol. The van der Waals surface area contributed by atoms with Crippen molar-refractivity contribution in [1.82, 2.24) is 10.3 Å². The first-order valence-corrected chi connectivity index (χ1v) is 10.2. The lowest BCUT2D eigenvalue weighted by molar-refractivity contribution is 0.148. The van der Waals surface area contributed by atoms with Crippen molar-refractivity contribution in [2.75, 3.05) is 6.61 Å². The number of nitrogens with one attached hydrogen (secondary N) is 1. The Hall–Kier alpha value is -2.58. The first kappa shape index (κ1) is 20.2. The van der Waals surface area contributed by atoms with Crippen LogP contribution in [-0.2, 0) is 13.1 Å².